The van der Waals surface area contributed by atoms with Gasteiger partial charge in [0.05, 0.1) is 22.3 Å². The number of nitrogens with zero attached hydrogens (tertiary/aromatic N) is 3. The maximum atomic E-state index is 12.9. The van der Waals surface area contributed by atoms with Crippen molar-refractivity contribution in [3.63, 3.8) is 0 Å². The summed E-state index contributed by atoms with van der Waals surface area (Å²) in [5.41, 5.74) is 0.842. The molecule has 2 atom stereocenters. The molecule has 0 spiro atoms. The number of benzene rings is 1. The van der Waals surface area contributed by atoms with Crippen LogP contribution >= 0.6 is 11.8 Å². The fraction of sp³-hybridized carbons (Fsp3) is 0.471. The zero-order valence-corrected chi connectivity index (χ0v) is 15.9. The van der Waals surface area contributed by atoms with Crippen molar-refractivity contribution in [2.75, 3.05) is 18.1 Å². The summed E-state index contributed by atoms with van der Waals surface area (Å²) in [6.45, 7) is 4.24. The van der Waals surface area contributed by atoms with Crippen LogP contribution in [0.2, 0.25) is 0 Å². The molecule has 1 aliphatic heterocycles. The van der Waals surface area contributed by atoms with Gasteiger partial charge >= 0.3 is 0 Å². The zero-order valence-electron chi connectivity index (χ0n) is 14.3. The summed E-state index contributed by atoms with van der Waals surface area (Å²) in [6.07, 6.45) is 2.03. The molecule has 2 heterocycles. The van der Waals surface area contributed by atoms with Crippen LogP contribution in [0.25, 0.3) is 10.9 Å². The monoisotopic (exact) mass is 379 g/mol. The van der Waals surface area contributed by atoms with Gasteiger partial charge in [-0.2, -0.15) is 0 Å². The van der Waals surface area contributed by atoms with Crippen LogP contribution in [0.1, 0.15) is 20.3 Å². The number of para-hydroxylation sites is 1. The number of carbonyl (C=O) groups excluding carboxylic acids is 1. The molecular formula is C17H21N3O3S2. The van der Waals surface area contributed by atoms with Gasteiger partial charge in [0.2, 0.25) is 5.91 Å². The fourth-order valence-corrected chi connectivity index (χ4v) is 5.85. The van der Waals surface area contributed by atoms with E-state index in [4.69, 9.17) is 0 Å². The first-order valence-electron chi connectivity index (χ1n) is 8.28. The van der Waals surface area contributed by atoms with Gasteiger partial charge in [0.15, 0.2) is 9.84 Å². The van der Waals surface area contributed by atoms with Crippen molar-refractivity contribution in [1.82, 2.24) is 14.9 Å². The molecule has 8 heteroatoms. The summed E-state index contributed by atoms with van der Waals surface area (Å²) in [4.78, 5) is 23.1. The second-order valence-electron chi connectivity index (χ2n) is 6.14. The van der Waals surface area contributed by atoms with Crippen LogP contribution in [-0.2, 0) is 14.6 Å². The molecule has 1 fully saturated rings. The number of aromatic nitrogens is 2. The zero-order chi connectivity index (χ0) is 18.0. The number of sulfone groups is 1. The summed E-state index contributed by atoms with van der Waals surface area (Å²) in [6, 6.07) is 7.47. The SMILES string of the molecule is CCN(C(=O)C(C)Sc1ncnc2ccccc12)C1CCS(=O)(=O)C1. The summed E-state index contributed by atoms with van der Waals surface area (Å²) in [5.74, 6) is 0.192. The third-order valence-electron chi connectivity index (χ3n) is 4.42. The van der Waals surface area contributed by atoms with Gasteiger partial charge in [0.1, 0.15) is 11.4 Å². The topological polar surface area (TPSA) is 80.2 Å². The van der Waals surface area contributed by atoms with Gasteiger partial charge in [-0.3, -0.25) is 4.79 Å². The average molecular weight is 380 g/mol. The molecule has 0 bridgehead atoms. The molecule has 1 aromatic heterocycles. The minimum absolute atomic E-state index is 0.0442. The van der Waals surface area contributed by atoms with Gasteiger partial charge in [-0.05, 0) is 26.3 Å². The fourth-order valence-electron chi connectivity index (χ4n) is 3.14. The van der Waals surface area contributed by atoms with Gasteiger partial charge in [-0.25, -0.2) is 18.4 Å². The van der Waals surface area contributed by atoms with E-state index in [1.165, 1.54) is 18.1 Å². The van der Waals surface area contributed by atoms with Crippen molar-refractivity contribution in [2.24, 2.45) is 0 Å². The van der Waals surface area contributed by atoms with Gasteiger partial charge in [-0.15, -0.1) is 0 Å². The van der Waals surface area contributed by atoms with Gasteiger partial charge < -0.3 is 4.90 Å². The highest BCUT2D eigenvalue weighted by Crippen LogP contribution is 2.29. The summed E-state index contributed by atoms with van der Waals surface area (Å²) < 4.78 is 23.5. The number of hydrogen-bond acceptors (Lipinski definition) is 6. The Morgan fingerprint density at radius 1 is 1.36 bits per heavy atom. The first-order valence-corrected chi connectivity index (χ1v) is 11.0. The third kappa shape index (κ3) is 3.95. The van der Waals surface area contributed by atoms with E-state index >= 15 is 0 Å². The third-order valence-corrected chi connectivity index (χ3v) is 7.27. The lowest BCUT2D eigenvalue weighted by atomic mass is 10.2. The summed E-state index contributed by atoms with van der Waals surface area (Å²) in [7, 11) is -3.02. The van der Waals surface area contributed by atoms with Crippen LogP contribution in [-0.4, -0.2) is 58.5 Å². The lowest BCUT2D eigenvalue weighted by Crippen LogP contribution is -2.44. The van der Waals surface area contributed by atoms with E-state index in [-0.39, 0.29) is 28.7 Å². The molecule has 0 aliphatic carbocycles. The Bertz CT molecular complexity index is 880. The lowest BCUT2D eigenvalue weighted by molar-refractivity contribution is -0.131. The minimum Gasteiger partial charge on any atom is -0.338 e. The maximum Gasteiger partial charge on any atom is 0.236 e. The first-order chi connectivity index (χ1) is 11.9. The van der Waals surface area contributed by atoms with Crippen molar-refractivity contribution in [1.29, 1.82) is 0 Å². The normalized spacial score (nSPS) is 20.5. The predicted molar refractivity (Wildman–Crippen MR) is 99.3 cm³/mol. The molecule has 134 valence electrons. The Labute approximate surface area is 152 Å². The van der Waals surface area contributed by atoms with Crippen LogP contribution in [0.4, 0.5) is 0 Å². The Morgan fingerprint density at radius 3 is 2.80 bits per heavy atom. The quantitative estimate of drug-likeness (QED) is 0.585. The van der Waals surface area contributed by atoms with Gasteiger partial charge in [0.25, 0.3) is 0 Å². The number of fused-ring (bicyclic) bond motifs is 1. The molecule has 3 rings (SSSR count). The summed E-state index contributed by atoms with van der Waals surface area (Å²) >= 11 is 1.39. The highest BCUT2D eigenvalue weighted by molar-refractivity contribution is 8.00. The molecule has 6 nitrogen and oxygen atoms in total. The van der Waals surface area contributed by atoms with Crippen molar-refractivity contribution >= 4 is 38.4 Å². The number of thioether (sulfide) groups is 1. The molecule has 25 heavy (non-hydrogen) atoms. The summed E-state index contributed by atoms with van der Waals surface area (Å²) in [5, 5.41) is 1.34. The van der Waals surface area contributed by atoms with Gasteiger partial charge in [-0.1, -0.05) is 30.0 Å². The van der Waals surface area contributed by atoms with E-state index < -0.39 is 9.84 Å². The molecule has 1 saturated heterocycles. The average Bonchev–Trinajstić information content (AvgIpc) is 2.95. The Kier molecular flexibility index (Phi) is 5.29. The smallest absolute Gasteiger partial charge is 0.236 e. The Morgan fingerprint density at radius 2 is 2.12 bits per heavy atom. The Hall–Kier alpha value is -1.67. The van der Waals surface area contributed by atoms with E-state index in [1.54, 1.807) is 4.90 Å². The second-order valence-corrected chi connectivity index (χ2v) is 9.70. The van der Waals surface area contributed by atoms with E-state index in [2.05, 4.69) is 9.97 Å². The standard InChI is InChI=1S/C17H21N3O3S2/c1-3-20(13-8-9-25(22,23)10-13)17(21)12(2)24-16-14-6-4-5-7-15(14)18-11-19-16/h4-7,11-13H,3,8-10H2,1-2H3. The maximum absolute atomic E-state index is 12.9. The van der Waals surface area contributed by atoms with Crippen molar-refractivity contribution < 1.29 is 13.2 Å². The largest absolute Gasteiger partial charge is 0.338 e. The molecule has 0 N–H and O–H groups in total. The highest BCUT2D eigenvalue weighted by atomic mass is 32.2. The van der Waals surface area contributed by atoms with Gasteiger partial charge in [0, 0.05) is 18.0 Å². The van der Waals surface area contributed by atoms with Crippen molar-refractivity contribution in [3.8, 4) is 0 Å². The van der Waals surface area contributed by atoms with Crippen molar-refractivity contribution in [3.05, 3.63) is 30.6 Å². The number of carbonyl (C=O) groups is 1. The molecule has 0 saturated carbocycles. The number of rotatable bonds is 5. The van der Waals surface area contributed by atoms with Crippen molar-refractivity contribution in [2.45, 2.75) is 36.6 Å². The molecule has 0 radical (unpaired) electrons. The van der Waals surface area contributed by atoms with Crippen LogP contribution in [0.15, 0.2) is 35.6 Å². The minimum atomic E-state index is -3.02. The molecule has 1 amide bonds. The molecule has 1 aliphatic rings. The number of hydrogen-bond donors (Lipinski definition) is 0. The van der Waals surface area contributed by atoms with Crippen LogP contribution in [0.3, 0.4) is 0 Å². The van der Waals surface area contributed by atoms with Crippen LogP contribution in [0.5, 0.6) is 0 Å². The lowest BCUT2D eigenvalue weighted by Gasteiger charge is -2.29. The van der Waals surface area contributed by atoms with E-state index in [9.17, 15) is 13.2 Å². The molecule has 1 aromatic carbocycles. The number of amides is 1. The predicted octanol–water partition coefficient (Wildman–Crippen LogP) is 2.15. The Balaban J connectivity index is 1.77. The first kappa shape index (κ1) is 18.1. The highest BCUT2D eigenvalue weighted by Gasteiger charge is 2.35. The van der Waals surface area contributed by atoms with Crippen LogP contribution < -0.4 is 0 Å². The molecule has 2 unspecified atom stereocenters. The van der Waals surface area contributed by atoms with E-state index in [1.807, 2.05) is 38.1 Å². The molecular weight excluding hydrogens is 358 g/mol. The van der Waals surface area contributed by atoms with Crippen LogP contribution in [0, 0.1) is 0 Å². The molecule has 2 aromatic rings. The second kappa shape index (κ2) is 7.29. The van der Waals surface area contributed by atoms with E-state index in [0.717, 1.165) is 15.9 Å². The van der Waals surface area contributed by atoms with E-state index in [0.29, 0.717) is 13.0 Å².